The van der Waals surface area contributed by atoms with Crippen LogP contribution in [-0.2, 0) is 0 Å². The van der Waals surface area contributed by atoms with E-state index in [1.165, 1.54) is 0 Å². The van der Waals surface area contributed by atoms with Crippen molar-refractivity contribution in [3.05, 3.63) is 72.6 Å². The molecule has 1 aromatic carbocycles. The second kappa shape index (κ2) is 7.31. The van der Waals surface area contributed by atoms with Crippen LogP contribution in [-0.4, -0.2) is 61.8 Å². The van der Waals surface area contributed by atoms with Gasteiger partial charge in [0.05, 0.1) is 0 Å². The van der Waals surface area contributed by atoms with E-state index in [1.807, 2.05) is 47.4 Å². The van der Waals surface area contributed by atoms with Crippen molar-refractivity contribution in [1.29, 1.82) is 0 Å². The zero-order valence-corrected chi connectivity index (χ0v) is 15.7. The zero-order chi connectivity index (χ0) is 19.6. The average molecular weight is 385 g/mol. The van der Waals surface area contributed by atoms with Gasteiger partial charge in [-0.3, -0.25) is 9.78 Å². The molecule has 5 rings (SSSR count). The molecule has 4 aromatic rings. The fourth-order valence-electron chi connectivity index (χ4n) is 3.53. The number of piperazine rings is 1. The van der Waals surface area contributed by atoms with Gasteiger partial charge in [-0.05, 0) is 24.3 Å². The number of benzene rings is 1. The van der Waals surface area contributed by atoms with Gasteiger partial charge < -0.3 is 9.80 Å². The lowest BCUT2D eigenvalue weighted by Gasteiger charge is -2.35. The summed E-state index contributed by atoms with van der Waals surface area (Å²) in [5.74, 6) is 1.61. The molecule has 0 N–H and O–H groups in total. The van der Waals surface area contributed by atoms with E-state index in [0.717, 1.165) is 24.5 Å². The Balaban J connectivity index is 1.35. The maximum absolute atomic E-state index is 12.6. The van der Waals surface area contributed by atoms with Crippen molar-refractivity contribution in [2.45, 2.75) is 0 Å². The summed E-state index contributed by atoms with van der Waals surface area (Å²) in [7, 11) is 0. The Labute approximate surface area is 167 Å². The lowest BCUT2D eigenvalue weighted by Crippen LogP contribution is -2.49. The molecule has 8 nitrogen and oxygen atoms in total. The molecule has 0 atom stereocenters. The highest BCUT2D eigenvalue weighted by Gasteiger charge is 2.23. The lowest BCUT2D eigenvalue weighted by atomic mass is 10.2. The topological polar surface area (TPSA) is 79.5 Å². The SMILES string of the molecule is O=C(c1ccncc1)N1CCN(c2ccc3nnc(-c4ccccc4)n3n2)CC1. The number of carbonyl (C=O) groups is 1. The molecular formula is C21H19N7O. The van der Waals surface area contributed by atoms with Gasteiger partial charge in [-0.15, -0.1) is 15.3 Å². The Bertz CT molecular complexity index is 1140. The van der Waals surface area contributed by atoms with E-state index >= 15 is 0 Å². The first-order chi connectivity index (χ1) is 14.3. The van der Waals surface area contributed by atoms with Crippen LogP contribution in [0.5, 0.6) is 0 Å². The summed E-state index contributed by atoms with van der Waals surface area (Å²) in [6, 6.07) is 17.3. The Morgan fingerprint density at radius 1 is 0.828 bits per heavy atom. The number of carbonyl (C=O) groups excluding carboxylic acids is 1. The van der Waals surface area contributed by atoms with Gasteiger partial charge >= 0.3 is 0 Å². The summed E-state index contributed by atoms with van der Waals surface area (Å²) in [6.07, 6.45) is 3.29. The molecule has 1 aliphatic heterocycles. The number of anilines is 1. The van der Waals surface area contributed by atoms with Crippen molar-refractivity contribution in [2.75, 3.05) is 31.1 Å². The summed E-state index contributed by atoms with van der Waals surface area (Å²) in [5.41, 5.74) is 2.35. The molecule has 0 aliphatic carbocycles. The van der Waals surface area contributed by atoms with Crippen LogP contribution in [0.1, 0.15) is 10.4 Å². The predicted molar refractivity (Wildman–Crippen MR) is 109 cm³/mol. The summed E-state index contributed by atoms with van der Waals surface area (Å²) >= 11 is 0. The second-order valence-corrected chi connectivity index (χ2v) is 6.87. The van der Waals surface area contributed by atoms with Gasteiger partial charge in [0.25, 0.3) is 5.91 Å². The first-order valence-corrected chi connectivity index (χ1v) is 9.52. The minimum absolute atomic E-state index is 0.0423. The third-order valence-electron chi connectivity index (χ3n) is 5.10. The second-order valence-electron chi connectivity index (χ2n) is 6.87. The standard InChI is InChI=1S/C21H19N7O/c29-21(17-8-10-22-11-9-17)27-14-12-26(13-15-27)19-7-6-18-23-24-20(28(18)25-19)16-4-2-1-3-5-16/h1-11H,12-15H2. The molecule has 0 unspecified atom stereocenters. The average Bonchev–Trinajstić information content (AvgIpc) is 3.23. The molecule has 8 heteroatoms. The van der Waals surface area contributed by atoms with E-state index in [4.69, 9.17) is 5.10 Å². The van der Waals surface area contributed by atoms with Gasteiger partial charge in [0.15, 0.2) is 11.5 Å². The van der Waals surface area contributed by atoms with Crippen LogP contribution in [0.15, 0.2) is 67.0 Å². The molecule has 0 radical (unpaired) electrons. The van der Waals surface area contributed by atoms with Crippen LogP contribution in [0.25, 0.3) is 17.0 Å². The number of hydrogen-bond donors (Lipinski definition) is 0. The molecule has 29 heavy (non-hydrogen) atoms. The fourth-order valence-corrected chi connectivity index (χ4v) is 3.53. The first-order valence-electron chi connectivity index (χ1n) is 9.52. The van der Waals surface area contributed by atoms with Crippen molar-refractivity contribution < 1.29 is 4.79 Å². The smallest absolute Gasteiger partial charge is 0.254 e. The molecule has 0 bridgehead atoms. The van der Waals surface area contributed by atoms with Crippen molar-refractivity contribution in [3.8, 4) is 11.4 Å². The Morgan fingerprint density at radius 2 is 1.59 bits per heavy atom. The normalized spacial score (nSPS) is 14.3. The Kier molecular flexibility index (Phi) is 4.36. The summed E-state index contributed by atoms with van der Waals surface area (Å²) in [6.45, 7) is 2.74. The molecular weight excluding hydrogens is 366 g/mol. The molecule has 4 heterocycles. The van der Waals surface area contributed by atoms with Gasteiger partial charge in [0.1, 0.15) is 5.82 Å². The van der Waals surface area contributed by atoms with Crippen LogP contribution < -0.4 is 4.90 Å². The molecule has 0 spiro atoms. The Morgan fingerprint density at radius 3 is 2.34 bits per heavy atom. The van der Waals surface area contributed by atoms with Crippen LogP contribution in [0.2, 0.25) is 0 Å². The summed E-state index contributed by atoms with van der Waals surface area (Å²) < 4.78 is 1.78. The molecule has 0 saturated carbocycles. The van der Waals surface area contributed by atoms with Crippen LogP contribution in [0.3, 0.4) is 0 Å². The van der Waals surface area contributed by atoms with E-state index in [9.17, 15) is 4.79 Å². The van der Waals surface area contributed by atoms with Gasteiger partial charge in [0, 0.05) is 49.7 Å². The molecule has 144 valence electrons. The van der Waals surface area contributed by atoms with E-state index in [0.29, 0.717) is 30.1 Å². The van der Waals surface area contributed by atoms with Gasteiger partial charge in [-0.1, -0.05) is 30.3 Å². The van der Waals surface area contributed by atoms with Gasteiger partial charge in [-0.25, -0.2) is 0 Å². The molecule has 3 aromatic heterocycles. The molecule has 1 amide bonds. The highest BCUT2D eigenvalue weighted by molar-refractivity contribution is 5.94. The van der Waals surface area contributed by atoms with Crippen molar-refractivity contribution in [3.63, 3.8) is 0 Å². The fraction of sp³-hybridized carbons (Fsp3) is 0.190. The highest BCUT2D eigenvalue weighted by atomic mass is 16.2. The third kappa shape index (κ3) is 3.29. The zero-order valence-electron chi connectivity index (χ0n) is 15.7. The number of pyridine rings is 1. The minimum Gasteiger partial charge on any atom is -0.352 e. The first kappa shape index (κ1) is 17.3. The third-order valence-corrected chi connectivity index (χ3v) is 5.10. The lowest BCUT2D eigenvalue weighted by molar-refractivity contribution is 0.0746. The van der Waals surface area contributed by atoms with Crippen molar-refractivity contribution in [2.24, 2.45) is 0 Å². The van der Waals surface area contributed by atoms with Crippen molar-refractivity contribution in [1.82, 2.24) is 29.7 Å². The number of rotatable bonds is 3. The molecule has 1 aliphatic rings. The number of fused-ring (bicyclic) bond motifs is 1. The number of amides is 1. The van der Waals surface area contributed by atoms with E-state index < -0.39 is 0 Å². The van der Waals surface area contributed by atoms with Crippen LogP contribution >= 0.6 is 0 Å². The van der Waals surface area contributed by atoms with Crippen molar-refractivity contribution >= 4 is 17.4 Å². The largest absolute Gasteiger partial charge is 0.352 e. The summed E-state index contributed by atoms with van der Waals surface area (Å²) in [4.78, 5) is 20.7. The van der Waals surface area contributed by atoms with E-state index in [1.54, 1.807) is 29.0 Å². The minimum atomic E-state index is 0.0423. The monoisotopic (exact) mass is 385 g/mol. The maximum atomic E-state index is 12.6. The highest BCUT2D eigenvalue weighted by Crippen LogP contribution is 2.20. The molecule has 1 saturated heterocycles. The number of nitrogens with zero attached hydrogens (tertiary/aromatic N) is 7. The van der Waals surface area contributed by atoms with Gasteiger partial charge in [0.2, 0.25) is 0 Å². The Hall–Kier alpha value is -3.81. The predicted octanol–water partition coefficient (Wildman–Crippen LogP) is 2.15. The number of aromatic nitrogens is 5. The summed E-state index contributed by atoms with van der Waals surface area (Å²) in [5, 5.41) is 13.3. The molecule has 1 fully saturated rings. The van der Waals surface area contributed by atoms with E-state index in [2.05, 4.69) is 20.1 Å². The number of hydrogen-bond acceptors (Lipinski definition) is 6. The van der Waals surface area contributed by atoms with E-state index in [-0.39, 0.29) is 5.91 Å². The van der Waals surface area contributed by atoms with Crippen LogP contribution in [0.4, 0.5) is 5.82 Å². The maximum Gasteiger partial charge on any atom is 0.254 e. The van der Waals surface area contributed by atoms with Crippen LogP contribution in [0, 0.1) is 0 Å². The van der Waals surface area contributed by atoms with Gasteiger partial charge in [-0.2, -0.15) is 4.52 Å². The quantitative estimate of drug-likeness (QED) is 0.538.